The van der Waals surface area contributed by atoms with Crippen LogP contribution < -0.4 is 40.2 Å². The SMILES string of the molecule is O=C(NCCCCCCNC(=O)C(=CNC(=O)c1ccccc1)c1ccc2c(c1)OCO2)C(=Cc1ccc2c(c1)OCO2)NC(=O)c1ccccc1. The van der Waals surface area contributed by atoms with Gasteiger partial charge in [0.25, 0.3) is 23.6 Å². The Balaban J connectivity index is 0.983. The van der Waals surface area contributed by atoms with Gasteiger partial charge in [0.1, 0.15) is 5.70 Å². The predicted molar refractivity (Wildman–Crippen MR) is 193 cm³/mol. The molecule has 52 heavy (non-hydrogen) atoms. The fourth-order valence-corrected chi connectivity index (χ4v) is 5.46. The molecule has 0 atom stereocenters. The van der Waals surface area contributed by atoms with Gasteiger partial charge in [-0.15, -0.1) is 0 Å². The number of rotatable bonds is 15. The molecule has 4 aromatic carbocycles. The Morgan fingerprint density at radius 3 is 1.77 bits per heavy atom. The van der Waals surface area contributed by atoms with Gasteiger partial charge < -0.3 is 40.2 Å². The first kappa shape index (κ1) is 35.3. The number of carbonyl (C=O) groups is 4. The summed E-state index contributed by atoms with van der Waals surface area (Å²) in [6.45, 7) is 1.03. The van der Waals surface area contributed by atoms with Crippen LogP contribution in [0.25, 0.3) is 11.6 Å². The number of nitrogens with one attached hydrogen (secondary N) is 4. The van der Waals surface area contributed by atoms with Crippen LogP contribution in [-0.4, -0.2) is 50.3 Å². The van der Waals surface area contributed by atoms with Crippen LogP contribution >= 0.6 is 0 Å². The number of amides is 4. The molecule has 2 aliphatic heterocycles. The Kier molecular flexibility index (Phi) is 11.8. The summed E-state index contributed by atoms with van der Waals surface area (Å²) in [5, 5.41) is 11.3. The molecule has 4 aromatic rings. The van der Waals surface area contributed by atoms with Crippen molar-refractivity contribution in [1.29, 1.82) is 0 Å². The van der Waals surface area contributed by atoms with E-state index in [1.54, 1.807) is 91.0 Å². The monoisotopic (exact) mass is 702 g/mol. The zero-order chi connectivity index (χ0) is 36.1. The van der Waals surface area contributed by atoms with E-state index in [9.17, 15) is 19.2 Å². The quantitative estimate of drug-likeness (QED) is 0.0977. The average molecular weight is 703 g/mol. The zero-order valence-electron chi connectivity index (χ0n) is 28.3. The standard InChI is InChI=1S/C40H38N4O8/c45-37(28-11-5-3-6-12-28)43-24-31(30-16-18-34-36(23-30)52-26-50-34)39(47)41-19-9-1-2-10-20-42-40(48)32(44-38(46)29-13-7-4-8-14-29)21-27-15-17-33-35(22-27)51-25-49-33/h3-8,11-18,21-24H,1-2,9-10,19-20,25-26H2,(H,41,47)(H,42,48)(H,43,45)(H,44,46). The molecule has 266 valence electrons. The summed E-state index contributed by atoms with van der Waals surface area (Å²) < 4.78 is 21.7. The van der Waals surface area contributed by atoms with E-state index in [2.05, 4.69) is 21.3 Å². The number of carbonyl (C=O) groups excluding carboxylic acids is 4. The second-order valence-electron chi connectivity index (χ2n) is 11.9. The van der Waals surface area contributed by atoms with Gasteiger partial charge in [0.15, 0.2) is 23.0 Å². The maximum atomic E-state index is 13.3. The number of unbranched alkanes of at least 4 members (excludes halogenated alkanes) is 3. The number of hydrogen-bond donors (Lipinski definition) is 4. The molecule has 0 fully saturated rings. The summed E-state index contributed by atoms with van der Waals surface area (Å²) >= 11 is 0. The number of benzene rings is 4. The minimum Gasteiger partial charge on any atom is -0.454 e. The normalized spacial score (nSPS) is 12.9. The first-order valence-corrected chi connectivity index (χ1v) is 16.9. The molecule has 2 aliphatic rings. The first-order valence-electron chi connectivity index (χ1n) is 16.9. The molecule has 6 rings (SSSR count). The average Bonchev–Trinajstić information content (AvgIpc) is 3.85. The fraction of sp³-hybridized carbons (Fsp3) is 0.200. The van der Waals surface area contributed by atoms with Crippen molar-refractivity contribution in [2.24, 2.45) is 0 Å². The Morgan fingerprint density at radius 2 is 1.12 bits per heavy atom. The van der Waals surface area contributed by atoms with Crippen LogP contribution in [0.4, 0.5) is 0 Å². The van der Waals surface area contributed by atoms with Crippen molar-refractivity contribution >= 4 is 35.3 Å². The van der Waals surface area contributed by atoms with Crippen LogP contribution in [0.15, 0.2) is 109 Å². The van der Waals surface area contributed by atoms with Gasteiger partial charge in [0, 0.05) is 30.4 Å². The lowest BCUT2D eigenvalue weighted by molar-refractivity contribution is -0.118. The molecule has 0 unspecified atom stereocenters. The first-order chi connectivity index (χ1) is 25.4. The maximum absolute atomic E-state index is 13.3. The van der Waals surface area contributed by atoms with Gasteiger partial charge in [0.2, 0.25) is 13.6 Å². The second kappa shape index (κ2) is 17.4. The van der Waals surface area contributed by atoms with Crippen LogP contribution in [0.1, 0.15) is 57.5 Å². The Hall–Kier alpha value is -6.56. The smallest absolute Gasteiger partial charge is 0.267 e. The van der Waals surface area contributed by atoms with E-state index < -0.39 is 11.8 Å². The molecule has 0 aromatic heterocycles. The van der Waals surface area contributed by atoms with Gasteiger partial charge in [-0.25, -0.2) is 0 Å². The molecule has 2 heterocycles. The highest BCUT2D eigenvalue weighted by atomic mass is 16.7. The van der Waals surface area contributed by atoms with Gasteiger partial charge in [-0.3, -0.25) is 19.2 Å². The predicted octanol–water partition coefficient (Wildman–Crippen LogP) is 5.18. The van der Waals surface area contributed by atoms with Crippen LogP contribution in [-0.2, 0) is 9.59 Å². The van der Waals surface area contributed by atoms with Crippen molar-refractivity contribution in [3.8, 4) is 23.0 Å². The summed E-state index contributed by atoms with van der Waals surface area (Å²) in [7, 11) is 0. The number of hydrogen-bond acceptors (Lipinski definition) is 8. The molecule has 4 N–H and O–H groups in total. The third-order valence-corrected chi connectivity index (χ3v) is 8.22. The van der Waals surface area contributed by atoms with E-state index in [1.807, 2.05) is 12.1 Å². The molecular weight excluding hydrogens is 664 g/mol. The van der Waals surface area contributed by atoms with Gasteiger partial charge in [-0.05, 0) is 78.6 Å². The second-order valence-corrected chi connectivity index (χ2v) is 11.9. The van der Waals surface area contributed by atoms with Gasteiger partial charge in [-0.2, -0.15) is 0 Å². The maximum Gasteiger partial charge on any atom is 0.267 e. The highest BCUT2D eigenvalue weighted by molar-refractivity contribution is 6.20. The topological polar surface area (TPSA) is 153 Å². The third-order valence-electron chi connectivity index (χ3n) is 8.22. The molecule has 0 bridgehead atoms. The number of fused-ring (bicyclic) bond motifs is 2. The van der Waals surface area contributed by atoms with Crippen LogP contribution in [0.2, 0.25) is 0 Å². The minimum atomic E-state index is -0.420. The van der Waals surface area contributed by atoms with Crippen LogP contribution in [0.3, 0.4) is 0 Å². The van der Waals surface area contributed by atoms with E-state index in [-0.39, 0.29) is 36.7 Å². The molecule has 0 aliphatic carbocycles. The van der Waals surface area contributed by atoms with Crippen molar-refractivity contribution in [2.45, 2.75) is 25.7 Å². The third kappa shape index (κ3) is 9.36. The zero-order valence-corrected chi connectivity index (χ0v) is 28.3. The van der Waals surface area contributed by atoms with E-state index in [0.717, 1.165) is 12.8 Å². The molecule has 4 amide bonds. The lowest BCUT2D eigenvalue weighted by Gasteiger charge is -2.12. The minimum absolute atomic E-state index is 0.0988. The molecule has 12 nitrogen and oxygen atoms in total. The van der Waals surface area contributed by atoms with E-state index in [4.69, 9.17) is 18.9 Å². The Morgan fingerprint density at radius 1 is 0.558 bits per heavy atom. The van der Waals surface area contributed by atoms with E-state index >= 15 is 0 Å². The summed E-state index contributed by atoms with van der Waals surface area (Å²) in [6, 6.07) is 27.9. The highest BCUT2D eigenvalue weighted by Gasteiger charge is 2.20. The van der Waals surface area contributed by atoms with Crippen molar-refractivity contribution in [3.63, 3.8) is 0 Å². The van der Waals surface area contributed by atoms with E-state index in [0.29, 0.717) is 71.2 Å². The van der Waals surface area contributed by atoms with Gasteiger partial charge in [-0.1, -0.05) is 61.4 Å². The van der Waals surface area contributed by atoms with Crippen LogP contribution in [0, 0.1) is 0 Å². The molecule has 12 heteroatoms. The summed E-state index contributed by atoms with van der Waals surface area (Å²) in [5.74, 6) is 0.774. The van der Waals surface area contributed by atoms with Crippen molar-refractivity contribution in [3.05, 3.63) is 131 Å². The highest BCUT2D eigenvalue weighted by Crippen LogP contribution is 2.35. The van der Waals surface area contributed by atoms with Crippen molar-refractivity contribution in [2.75, 3.05) is 26.7 Å². The summed E-state index contributed by atoms with van der Waals surface area (Å²) in [4.78, 5) is 52.2. The molecule has 0 saturated heterocycles. The molecule has 0 spiro atoms. The lowest BCUT2D eigenvalue weighted by Crippen LogP contribution is -2.35. The van der Waals surface area contributed by atoms with Crippen molar-refractivity contribution < 1.29 is 38.1 Å². The van der Waals surface area contributed by atoms with E-state index in [1.165, 1.54) is 6.20 Å². The molecule has 0 radical (unpaired) electrons. The van der Waals surface area contributed by atoms with Gasteiger partial charge >= 0.3 is 0 Å². The number of ether oxygens (including phenoxy) is 4. The summed E-state index contributed by atoms with van der Waals surface area (Å²) in [5.41, 5.74) is 2.50. The Labute approximate surface area is 300 Å². The molecule has 0 saturated carbocycles. The lowest BCUT2D eigenvalue weighted by atomic mass is 10.0. The molecular formula is C40H38N4O8. The van der Waals surface area contributed by atoms with Crippen LogP contribution in [0.5, 0.6) is 23.0 Å². The van der Waals surface area contributed by atoms with Gasteiger partial charge in [0.05, 0.1) is 5.57 Å². The fourth-order valence-electron chi connectivity index (χ4n) is 5.46. The van der Waals surface area contributed by atoms with Crippen molar-refractivity contribution in [1.82, 2.24) is 21.3 Å². The largest absolute Gasteiger partial charge is 0.454 e. The Bertz CT molecular complexity index is 1980. The summed E-state index contributed by atoms with van der Waals surface area (Å²) in [6.07, 6.45) is 5.99.